The first kappa shape index (κ1) is 51.0. The van der Waals surface area contributed by atoms with Gasteiger partial charge in [-0.1, -0.05) is 61.0 Å². The molecule has 65 heavy (non-hydrogen) atoms. The molecule has 3 N–H and O–H groups in total. The van der Waals surface area contributed by atoms with E-state index in [2.05, 4.69) is 16.3 Å². The van der Waals surface area contributed by atoms with Crippen LogP contribution in [-0.4, -0.2) is 68.1 Å². The van der Waals surface area contributed by atoms with Gasteiger partial charge in [-0.3, -0.25) is 45.0 Å². The highest BCUT2D eigenvalue weighted by atomic mass is 35.5. The quantitative estimate of drug-likeness (QED) is 0.126. The zero-order valence-corrected chi connectivity index (χ0v) is 39.6. The number of nitrogens with one attached hydrogen (secondary N) is 3. The van der Waals surface area contributed by atoms with Crippen LogP contribution in [0.2, 0.25) is 10.2 Å². The fourth-order valence-electron chi connectivity index (χ4n) is 5.62. The number of carbonyl (C=O) groups excluding carboxylic acids is 6. The van der Waals surface area contributed by atoms with Crippen molar-refractivity contribution in [2.45, 2.75) is 72.9 Å². The number of halogens is 2. The lowest BCUT2D eigenvalue weighted by molar-refractivity contribution is 0.0357. The van der Waals surface area contributed by atoms with Gasteiger partial charge in [0.15, 0.2) is 0 Å². The van der Waals surface area contributed by atoms with Crippen LogP contribution in [0, 0.1) is 6.92 Å². The number of hydrazine groups is 3. The molecule has 3 aromatic heterocycles. The molecule has 17 heteroatoms. The van der Waals surface area contributed by atoms with Gasteiger partial charge in [-0.25, -0.2) is 15.0 Å². The molecule has 3 aromatic carbocycles. The summed E-state index contributed by atoms with van der Waals surface area (Å²) in [6.45, 7) is 15.1. The number of carbonyl (C=O) groups is 6. The van der Waals surface area contributed by atoms with Crippen LogP contribution in [0.15, 0.2) is 136 Å². The molecule has 0 unspecified atom stereocenters. The molecule has 0 radical (unpaired) electrons. The van der Waals surface area contributed by atoms with E-state index >= 15 is 0 Å². The van der Waals surface area contributed by atoms with Crippen LogP contribution in [0.1, 0.15) is 122 Å². The van der Waals surface area contributed by atoms with Gasteiger partial charge in [0.05, 0.1) is 39.6 Å². The van der Waals surface area contributed by atoms with Crippen molar-refractivity contribution >= 4 is 70.0 Å². The van der Waals surface area contributed by atoms with E-state index in [9.17, 15) is 28.8 Å². The molecule has 0 bridgehead atoms. The van der Waals surface area contributed by atoms with Gasteiger partial charge in [0.2, 0.25) is 5.22 Å². The predicted molar refractivity (Wildman–Crippen MR) is 251 cm³/mol. The van der Waals surface area contributed by atoms with Crippen LogP contribution in [0.25, 0.3) is 0 Å². The highest BCUT2D eigenvalue weighted by molar-refractivity contribution is 7.12. The summed E-state index contributed by atoms with van der Waals surface area (Å²) >= 11 is 13.0. The van der Waals surface area contributed by atoms with Crippen LogP contribution in [0.4, 0.5) is 0 Å². The van der Waals surface area contributed by atoms with Crippen molar-refractivity contribution in [2.24, 2.45) is 0 Å². The molecule has 6 amide bonds. The Kier molecular flexibility index (Phi) is 18.3. The van der Waals surface area contributed by atoms with Gasteiger partial charge >= 0.3 is 0 Å². The number of hydrogen-bond donors (Lipinski definition) is 3. The first-order valence-electron chi connectivity index (χ1n) is 20.3. The third kappa shape index (κ3) is 14.7. The summed E-state index contributed by atoms with van der Waals surface area (Å²) in [7, 11) is 0. The van der Waals surface area contributed by atoms with Crippen LogP contribution < -0.4 is 16.3 Å². The fraction of sp³-hybridized carbons (Fsp3) is 0.250. The van der Waals surface area contributed by atoms with E-state index in [0.29, 0.717) is 50.9 Å². The molecule has 6 rings (SSSR count). The lowest BCUT2D eigenvalue weighted by Gasteiger charge is -2.35. The molecular weight excluding hydrogens is 892 g/mol. The summed E-state index contributed by atoms with van der Waals surface area (Å²) < 4.78 is 10.1. The lowest BCUT2D eigenvalue weighted by Crippen LogP contribution is -2.55. The third-order valence-corrected chi connectivity index (χ3v) is 10.4. The monoisotopic (exact) mass is 942 g/mol. The SMILES string of the molecule is CC(C)(C)N(NC(=O)c1ccccc1)C(=O)c1ccoc1Cl.CC(C)(C)N(NC(=O)c1cccs1)C(=O)c1ccccc1.CCCN(NC(=O)c1ccc(Cl)cc1)C(=O)c1ccoc1C. The van der Waals surface area contributed by atoms with E-state index in [1.54, 1.807) is 97.9 Å². The van der Waals surface area contributed by atoms with Crippen molar-refractivity contribution in [3.05, 3.63) is 176 Å². The fourth-order valence-corrected chi connectivity index (χ4v) is 6.55. The molecule has 0 fully saturated rings. The molecular formula is C48H52Cl2N6O8S. The Morgan fingerprint density at radius 3 is 1.57 bits per heavy atom. The summed E-state index contributed by atoms with van der Waals surface area (Å²) in [6, 6.07) is 30.7. The molecule has 14 nitrogen and oxygen atoms in total. The molecule has 3 heterocycles. The third-order valence-electron chi connectivity index (χ3n) is 8.95. The second-order valence-corrected chi connectivity index (χ2v) is 17.8. The molecule has 342 valence electrons. The van der Waals surface area contributed by atoms with E-state index in [-0.39, 0.29) is 40.3 Å². The first-order chi connectivity index (χ1) is 30.7. The molecule has 0 saturated heterocycles. The van der Waals surface area contributed by atoms with Gasteiger partial charge in [0, 0.05) is 28.3 Å². The number of rotatable bonds is 8. The van der Waals surface area contributed by atoms with Gasteiger partial charge in [0.25, 0.3) is 35.4 Å². The van der Waals surface area contributed by atoms with E-state index in [0.717, 1.165) is 0 Å². The van der Waals surface area contributed by atoms with Gasteiger partial charge in [0.1, 0.15) is 5.76 Å². The topological polar surface area (TPSA) is 175 Å². The minimum atomic E-state index is -0.637. The second-order valence-electron chi connectivity index (χ2n) is 16.1. The van der Waals surface area contributed by atoms with E-state index in [4.69, 9.17) is 32.0 Å². The Bertz CT molecular complexity index is 2510. The summed E-state index contributed by atoms with van der Waals surface area (Å²) in [6.07, 6.45) is 3.49. The van der Waals surface area contributed by atoms with Crippen molar-refractivity contribution in [1.29, 1.82) is 0 Å². The van der Waals surface area contributed by atoms with E-state index in [1.807, 2.05) is 66.0 Å². The zero-order chi connectivity index (χ0) is 47.9. The standard InChI is InChI=1S/2C16H17ClN2O3.C16H18N2O2S/c1-16(2,3)19(15(21)12-9-10-22-13(12)17)18-14(20)11-7-5-4-6-8-11;1-3-9-19(16(21)14-8-10-22-11(14)2)18-15(20)12-4-6-13(17)7-5-12;1-16(2,3)18(15(20)12-8-5-4-6-9-12)17-14(19)13-10-7-11-21-13/h4-10H,1-3H3,(H,18,20);4-8,10H,3,9H2,1-2H3,(H,18,20);4-11H,1-3H3,(H,17,19). The number of nitrogens with zero attached hydrogens (tertiary/aromatic N) is 3. The van der Waals surface area contributed by atoms with Crippen molar-refractivity contribution in [2.75, 3.05) is 6.54 Å². The van der Waals surface area contributed by atoms with Crippen molar-refractivity contribution in [3.8, 4) is 0 Å². The van der Waals surface area contributed by atoms with Gasteiger partial charge in [-0.2, -0.15) is 0 Å². The Morgan fingerprint density at radius 2 is 1.08 bits per heavy atom. The molecule has 0 saturated carbocycles. The number of aryl methyl sites for hydroxylation is 1. The number of benzene rings is 3. The second kappa shape index (κ2) is 23.3. The molecule has 0 aliphatic carbocycles. The lowest BCUT2D eigenvalue weighted by atomic mass is 10.1. The van der Waals surface area contributed by atoms with Gasteiger partial charge < -0.3 is 8.83 Å². The number of amides is 6. The minimum Gasteiger partial charge on any atom is -0.469 e. The van der Waals surface area contributed by atoms with Crippen molar-refractivity contribution < 1.29 is 37.6 Å². The predicted octanol–water partition coefficient (Wildman–Crippen LogP) is 10.3. The van der Waals surface area contributed by atoms with Crippen molar-refractivity contribution in [3.63, 3.8) is 0 Å². The molecule has 6 aromatic rings. The highest BCUT2D eigenvalue weighted by Gasteiger charge is 2.32. The van der Waals surface area contributed by atoms with Gasteiger partial charge in [-0.05, 0) is 139 Å². The van der Waals surface area contributed by atoms with Crippen LogP contribution >= 0.6 is 34.5 Å². The van der Waals surface area contributed by atoms with Gasteiger partial charge in [-0.15, -0.1) is 11.3 Å². The van der Waals surface area contributed by atoms with Crippen LogP contribution in [-0.2, 0) is 0 Å². The Hall–Kier alpha value is -6.68. The van der Waals surface area contributed by atoms with Crippen LogP contribution in [0.3, 0.4) is 0 Å². The average Bonchev–Trinajstić information content (AvgIpc) is 4.07. The maximum absolute atomic E-state index is 12.6. The highest BCUT2D eigenvalue weighted by Crippen LogP contribution is 2.23. The maximum atomic E-state index is 12.6. The molecule has 0 aliphatic heterocycles. The summed E-state index contributed by atoms with van der Waals surface area (Å²) in [5.41, 5.74) is 8.88. The summed E-state index contributed by atoms with van der Waals surface area (Å²) in [4.78, 5) is 75.0. The maximum Gasteiger partial charge on any atom is 0.279 e. The Labute approximate surface area is 392 Å². The molecule has 0 spiro atoms. The average molecular weight is 944 g/mol. The summed E-state index contributed by atoms with van der Waals surface area (Å²) in [5.74, 6) is -1.45. The van der Waals surface area contributed by atoms with Crippen LogP contribution in [0.5, 0.6) is 0 Å². The molecule has 0 aliphatic rings. The van der Waals surface area contributed by atoms with E-state index < -0.39 is 17.0 Å². The number of furan rings is 2. The largest absolute Gasteiger partial charge is 0.469 e. The molecule has 0 atom stereocenters. The van der Waals surface area contributed by atoms with E-state index in [1.165, 1.54) is 45.0 Å². The first-order valence-corrected chi connectivity index (χ1v) is 22.0. The smallest absolute Gasteiger partial charge is 0.279 e. The number of thiophene rings is 1. The number of hydrogen-bond acceptors (Lipinski definition) is 9. The van der Waals surface area contributed by atoms with Crippen molar-refractivity contribution in [1.82, 2.24) is 31.3 Å². The summed E-state index contributed by atoms with van der Waals surface area (Å²) in [5, 5.41) is 6.30. The Morgan fingerprint density at radius 1 is 0.569 bits per heavy atom. The zero-order valence-electron chi connectivity index (χ0n) is 37.3. The normalized spacial score (nSPS) is 10.8. The minimum absolute atomic E-state index is 0.00629. The Balaban J connectivity index is 0.000000213.